The summed E-state index contributed by atoms with van der Waals surface area (Å²) in [4.78, 5) is 21.5. The van der Waals surface area contributed by atoms with Gasteiger partial charge >= 0.3 is 0 Å². The highest BCUT2D eigenvalue weighted by molar-refractivity contribution is 5.97. The van der Waals surface area contributed by atoms with Crippen LogP contribution >= 0.6 is 0 Å². The third-order valence-electron chi connectivity index (χ3n) is 5.79. The zero-order valence-corrected chi connectivity index (χ0v) is 19.2. The second-order valence-corrected chi connectivity index (χ2v) is 8.53. The van der Waals surface area contributed by atoms with Gasteiger partial charge in [-0.25, -0.2) is 9.37 Å². The summed E-state index contributed by atoms with van der Waals surface area (Å²) < 4.78 is 20.4. The minimum atomic E-state index is -0.335. The molecular formula is C25H32FN3O3. The van der Waals surface area contributed by atoms with Gasteiger partial charge < -0.3 is 14.7 Å². The monoisotopic (exact) mass is 441 g/mol. The first kappa shape index (κ1) is 23.9. The van der Waals surface area contributed by atoms with Crippen LogP contribution < -0.4 is 4.74 Å². The molecule has 1 amide bonds. The summed E-state index contributed by atoms with van der Waals surface area (Å²) in [6, 6.07) is 8.18. The molecule has 2 heterocycles. The summed E-state index contributed by atoms with van der Waals surface area (Å²) in [5.41, 5.74) is 1.81. The molecule has 1 aromatic carbocycles. The van der Waals surface area contributed by atoms with Crippen LogP contribution in [0.5, 0.6) is 5.88 Å². The predicted octanol–water partition coefficient (Wildman–Crippen LogP) is 3.61. The van der Waals surface area contributed by atoms with E-state index in [1.807, 2.05) is 50.9 Å². The molecule has 172 valence electrons. The average molecular weight is 442 g/mol. The van der Waals surface area contributed by atoms with E-state index < -0.39 is 0 Å². The molecule has 0 saturated heterocycles. The summed E-state index contributed by atoms with van der Waals surface area (Å²) in [5.74, 6) is -0.177. The van der Waals surface area contributed by atoms with Crippen LogP contribution in [0.4, 0.5) is 4.39 Å². The molecule has 3 atom stereocenters. The van der Waals surface area contributed by atoms with Crippen molar-refractivity contribution in [2.45, 2.75) is 39.5 Å². The summed E-state index contributed by atoms with van der Waals surface area (Å²) >= 11 is 0. The van der Waals surface area contributed by atoms with Crippen molar-refractivity contribution in [2.75, 3.05) is 26.7 Å². The fourth-order valence-corrected chi connectivity index (χ4v) is 3.91. The van der Waals surface area contributed by atoms with Gasteiger partial charge in [0, 0.05) is 37.3 Å². The molecule has 3 rings (SSSR count). The van der Waals surface area contributed by atoms with Gasteiger partial charge in [-0.1, -0.05) is 37.3 Å². The number of aliphatic hydroxyl groups excluding tert-OH is 1. The van der Waals surface area contributed by atoms with Gasteiger partial charge in [0.15, 0.2) is 0 Å². The van der Waals surface area contributed by atoms with Crippen molar-refractivity contribution < 1.29 is 19.0 Å². The third kappa shape index (κ3) is 5.53. The maximum Gasteiger partial charge on any atom is 0.259 e. The summed E-state index contributed by atoms with van der Waals surface area (Å²) in [7, 11) is 1.92. The van der Waals surface area contributed by atoms with Crippen LogP contribution in [0.25, 0.3) is 6.08 Å². The molecule has 1 aromatic heterocycles. The number of allylic oxidation sites excluding steroid dienone is 1. The number of nitrogens with zero attached hydrogens (tertiary/aromatic N) is 3. The van der Waals surface area contributed by atoms with Crippen LogP contribution in [-0.4, -0.2) is 64.7 Å². The standard InChI is InChI=1S/C25H32FN3O3/c1-5-8-19-11-21-24(27-12-19)32-23(17(2)13-29(25(21)31)18(3)16-30)15-28(4)14-20-9-6-7-10-22(20)26/h5-12,17-18,23,30H,13-16H2,1-4H3/t17-,18-,23+/m1/s1. The fourth-order valence-electron chi connectivity index (χ4n) is 3.91. The van der Waals surface area contributed by atoms with Crippen molar-refractivity contribution >= 4 is 12.0 Å². The number of likely N-dealkylation sites (N-methyl/N-ethyl adjacent to an activating group) is 1. The minimum absolute atomic E-state index is 0.0267. The number of halogens is 1. The lowest BCUT2D eigenvalue weighted by atomic mass is 9.99. The maximum absolute atomic E-state index is 14.1. The Hall–Kier alpha value is -2.77. The van der Waals surface area contributed by atoms with E-state index in [0.717, 1.165) is 5.56 Å². The van der Waals surface area contributed by atoms with E-state index in [9.17, 15) is 14.3 Å². The topological polar surface area (TPSA) is 65.9 Å². The molecule has 1 aliphatic rings. The number of rotatable bonds is 7. The summed E-state index contributed by atoms with van der Waals surface area (Å²) in [5, 5.41) is 9.75. The number of aromatic nitrogens is 1. The lowest BCUT2D eigenvalue weighted by Gasteiger charge is -2.37. The normalized spacial score (nSPS) is 20.1. The van der Waals surface area contributed by atoms with Crippen molar-refractivity contribution in [1.82, 2.24) is 14.8 Å². The maximum atomic E-state index is 14.1. The third-order valence-corrected chi connectivity index (χ3v) is 5.79. The van der Waals surface area contributed by atoms with Gasteiger partial charge in [-0.2, -0.15) is 0 Å². The molecular weight excluding hydrogens is 409 g/mol. The molecule has 0 bridgehead atoms. The zero-order valence-electron chi connectivity index (χ0n) is 19.2. The van der Waals surface area contributed by atoms with Crippen LogP contribution in [0.2, 0.25) is 0 Å². The summed E-state index contributed by atoms with van der Waals surface area (Å²) in [6.45, 7) is 7.03. The lowest BCUT2D eigenvalue weighted by Crippen LogP contribution is -2.49. The van der Waals surface area contributed by atoms with E-state index in [1.54, 1.807) is 29.3 Å². The van der Waals surface area contributed by atoms with E-state index in [1.165, 1.54) is 6.07 Å². The van der Waals surface area contributed by atoms with Crippen LogP contribution in [0.1, 0.15) is 42.3 Å². The number of carbonyl (C=O) groups excluding carboxylic acids is 1. The second-order valence-electron chi connectivity index (χ2n) is 8.53. The van der Waals surface area contributed by atoms with Crippen molar-refractivity contribution in [3.8, 4) is 5.88 Å². The molecule has 6 nitrogen and oxygen atoms in total. The first-order valence-electron chi connectivity index (χ1n) is 11.0. The smallest absolute Gasteiger partial charge is 0.259 e. The van der Waals surface area contributed by atoms with Gasteiger partial charge in [-0.15, -0.1) is 0 Å². The molecule has 1 N–H and O–H groups in total. The van der Waals surface area contributed by atoms with E-state index in [2.05, 4.69) is 4.98 Å². The van der Waals surface area contributed by atoms with Gasteiger partial charge in [0.1, 0.15) is 17.5 Å². The number of aliphatic hydroxyl groups is 1. The fraction of sp³-hybridized carbons (Fsp3) is 0.440. The molecule has 0 saturated carbocycles. The van der Waals surface area contributed by atoms with E-state index in [4.69, 9.17) is 4.74 Å². The Balaban J connectivity index is 1.90. The van der Waals surface area contributed by atoms with Crippen molar-refractivity contribution in [2.24, 2.45) is 5.92 Å². The molecule has 0 radical (unpaired) electrons. The highest BCUT2D eigenvalue weighted by Crippen LogP contribution is 2.28. The van der Waals surface area contributed by atoms with Crippen molar-refractivity contribution in [1.29, 1.82) is 0 Å². The molecule has 1 aliphatic heterocycles. The van der Waals surface area contributed by atoms with Crippen LogP contribution in [0.15, 0.2) is 42.6 Å². The summed E-state index contributed by atoms with van der Waals surface area (Å²) in [6.07, 6.45) is 5.17. The number of amides is 1. The zero-order chi connectivity index (χ0) is 23.3. The Morgan fingerprint density at radius 1 is 1.41 bits per heavy atom. The van der Waals surface area contributed by atoms with Gasteiger partial charge in [0.2, 0.25) is 5.88 Å². The first-order valence-corrected chi connectivity index (χ1v) is 11.0. The molecule has 0 aliphatic carbocycles. The Morgan fingerprint density at radius 3 is 2.84 bits per heavy atom. The molecule has 0 spiro atoms. The number of hydrogen-bond acceptors (Lipinski definition) is 5. The van der Waals surface area contributed by atoms with Gasteiger partial charge in [0.25, 0.3) is 5.91 Å². The van der Waals surface area contributed by atoms with E-state index in [-0.39, 0.29) is 42.3 Å². The molecule has 0 fully saturated rings. The largest absolute Gasteiger partial charge is 0.472 e. The molecule has 0 unspecified atom stereocenters. The average Bonchev–Trinajstić information content (AvgIpc) is 2.78. The quantitative estimate of drug-likeness (QED) is 0.711. The van der Waals surface area contributed by atoms with Crippen molar-refractivity contribution in [3.63, 3.8) is 0 Å². The Morgan fingerprint density at radius 2 is 2.16 bits per heavy atom. The van der Waals surface area contributed by atoms with Crippen molar-refractivity contribution in [3.05, 3.63) is 65.1 Å². The number of ether oxygens (including phenoxy) is 1. The number of hydrogen-bond donors (Lipinski definition) is 1. The minimum Gasteiger partial charge on any atom is -0.472 e. The SMILES string of the molecule is CC=Cc1cnc2c(c1)C(=O)N([C@H](C)CO)C[C@@H](C)[C@H](CN(C)Cc1ccccc1F)O2. The number of carbonyl (C=O) groups is 1. The molecule has 2 aromatic rings. The molecule has 32 heavy (non-hydrogen) atoms. The molecule has 7 heteroatoms. The van der Waals surface area contributed by atoms with Gasteiger partial charge in [-0.3, -0.25) is 9.69 Å². The first-order chi connectivity index (χ1) is 15.3. The Labute approximate surface area is 189 Å². The second kappa shape index (κ2) is 10.7. The lowest BCUT2D eigenvalue weighted by molar-refractivity contribution is 0.0324. The number of benzene rings is 1. The Bertz CT molecular complexity index is 965. The predicted molar refractivity (Wildman–Crippen MR) is 123 cm³/mol. The van der Waals surface area contributed by atoms with E-state index in [0.29, 0.717) is 30.8 Å². The number of pyridine rings is 1. The highest BCUT2D eigenvalue weighted by Gasteiger charge is 2.34. The van der Waals surface area contributed by atoms with Crippen LogP contribution in [0.3, 0.4) is 0 Å². The van der Waals surface area contributed by atoms with E-state index >= 15 is 0 Å². The van der Waals surface area contributed by atoms with Gasteiger partial charge in [-0.05, 0) is 38.6 Å². The van der Waals surface area contributed by atoms with Gasteiger partial charge in [0.05, 0.1) is 12.6 Å². The Kier molecular flexibility index (Phi) is 7.99. The van der Waals surface area contributed by atoms with Crippen LogP contribution in [-0.2, 0) is 6.54 Å². The van der Waals surface area contributed by atoms with Crippen LogP contribution in [0, 0.1) is 11.7 Å². The number of fused-ring (bicyclic) bond motifs is 1. The highest BCUT2D eigenvalue weighted by atomic mass is 19.1.